The summed E-state index contributed by atoms with van der Waals surface area (Å²) in [6.07, 6.45) is 7.89. The molecule has 1 saturated carbocycles. The number of anilines is 1. The third kappa shape index (κ3) is 4.46. The van der Waals surface area contributed by atoms with Gasteiger partial charge in [0.25, 0.3) is 0 Å². The Bertz CT molecular complexity index is 859. The quantitative estimate of drug-likeness (QED) is 0.567. The number of hydrogen-bond donors (Lipinski definition) is 0. The Morgan fingerprint density at radius 1 is 0.900 bits per heavy atom. The fourth-order valence-corrected chi connectivity index (χ4v) is 5.33. The average Bonchev–Trinajstić information content (AvgIpc) is 2.80. The monoisotopic (exact) mass is 404 g/mol. The van der Waals surface area contributed by atoms with Gasteiger partial charge >= 0.3 is 0 Å². The topological polar surface area (TPSA) is 23.6 Å². The van der Waals surface area contributed by atoms with E-state index in [2.05, 4.69) is 54.0 Å². The molecular formula is C27H36N2O. The molecule has 2 aromatic rings. The molecule has 0 amide bonds. The highest BCUT2D eigenvalue weighted by molar-refractivity contribution is 5.79. The average molecular weight is 405 g/mol. The van der Waals surface area contributed by atoms with Gasteiger partial charge in [-0.1, -0.05) is 43.5 Å². The molecule has 1 aliphatic carbocycles. The summed E-state index contributed by atoms with van der Waals surface area (Å²) >= 11 is 0. The predicted octanol–water partition coefficient (Wildman–Crippen LogP) is 6.05. The second kappa shape index (κ2) is 9.34. The van der Waals surface area contributed by atoms with E-state index in [4.69, 9.17) is 0 Å². The van der Waals surface area contributed by atoms with Crippen LogP contribution in [0.25, 0.3) is 0 Å². The summed E-state index contributed by atoms with van der Waals surface area (Å²) in [5, 5.41) is 0. The van der Waals surface area contributed by atoms with Crippen molar-refractivity contribution in [3.8, 4) is 0 Å². The molecule has 4 rings (SSSR count). The van der Waals surface area contributed by atoms with E-state index in [1.165, 1.54) is 48.9 Å². The molecule has 3 heteroatoms. The van der Waals surface area contributed by atoms with E-state index in [0.29, 0.717) is 6.04 Å². The Balaban J connectivity index is 1.38. The van der Waals surface area contributed by atoms with Crippen molar-refractivity contribution in [1.82, 2.24) is 4.90 Å². The van der Waals surface area contributed by atoms with E-state index >= 15 is 0 Å². The van der Waals surface area contributed by atoms with E-state index in [1.807, 2.05) is 13.0 Å². The van der Waals surface area contributed by atoms with Crippen LogP contribution in [0.5, 0.6) is 0 Å². The Morgan fingerprint density at radius 3 is 2.20 bits per heavy atom. The highest BCUT2D eigenvalue weighted by Gasteiger charge is 2.24. The number of carbonyl (C=O) groups excluding carboxylic acids is 1. The van der Waals surface area contributed by atoms with Crippen LogP contribution in [-0.2, 0) is 0 Å². The van der Waals surface area contributed by atoms with Gasteiger partial charge in [0.05, 0.1) is 0 Å². The highest BCUT2D eigenvalue weighted by Crippen LogP contribution is 2.34. The van der Waals surface area contributed by atoms with Gasteiger partial charge in [-0.15, -0.1) is 0 Å². The first-order chi connectivity index (χ1) is 14.6. The minimum Gasteiger partial charge on any atom is -0.369 e. The van der Waals surface area contributed by atoms with E-state index in [-0.39, 0.29) is 0 Å². The Labute approximate surface area is 182 Å². The first-order valence-corrected chi connectivity index (χ1v) is 11.7. The molecule has 1 saturated heterocycles. The Hall–Kier alpha value is -2.13. The fraction of sp³-hybridized carbons (Fsp3) is 0.519. The van der Waals surface area contributed by atoms with Crippen molar-refractivity contribution in [2.24, 2.45) is 0 Å². The first-order valence-electron chi connectivity index (χ1n) is 11.7. The van der Waals surface area contributed by atoms with Crippen LogP contribution in [0.4, 0.5) is 5.69 Å². The van der Waals surface area contributed by atoms with Crippen LogP contribution in [0.2, 0.25) is 0 Å². The van der Waals surface area contributed by atoms with Crippen molar-refractivity contribution in [3.05, 3.63) is 64.2 Å². The van der Waals surface area contributed by atoms with Gasteiger partial charge in [-0.25, -0.2) is 0 Å². The van der Waals surface area contributed by atoms with Crippen LogP contribution >= 0.6 is 0 Å². The van der Waals surface area contributed by atoms with Crippen LogP contribution in [0.1, 0.15) is 83.6 Å². The van der Waals surface area contributed by atoms with E-state index < -0.39 is 0 Å². The lowest BCUT2D eigenvalue weighted by atomic mass is 9.83. The minimum absolute atomic E-state index is 0.452. The SMILES string of the molecule is Cc1cc(N2CCN(C(C)c3ccc(C4CCCCC4)cc3)CC2)c(C)cc1C=O. The van der Waals surface area contributed by atoms with E-state index in [1.54, 1.807) is 5.56 Å². The number of aryl methyl sites for hydroxylation is 2. The third-order valence-corrected chi connectivity index (χ3v) is 7.41. The van der Waals surface area contributed by atoms with Crippen molar-refractivity contribution in [2.45, 2.75) is 64.8 Å². The summed E-state index contributed by atoms with van der Waals surface area (Å²) in [5.41, 5.74) is 7.33. The second-order valence-electron chi connectivity index (χ2n) is 9.31. The lowest BCUT2D eigenvalue weighted by Gasteiger charge is -2.40. The normalized spacial score (nSPS) is 19.6. The molecule has 0 spiro atoms. The van der Waals surface area contributed by atoms with Crippen LogP contribution in [-0.4, -0.2) is 37.4 Å². The highest BCUT2D eigenvalue weighted by atomic mass is 16.1. The number of benzene rings is 2. The predicted molar refractivity (Wildman–Crippen MR) is 126 cm³/mol. The molecule has 0 aromatic heterocycles. The van der Waals surface area contributed by atoms with Crippen molar-refractivity contribution >= 4 is 12.0 Å². The first kappa shape index (κ1) is 21.1. The zero-order valence-corrected chi connectivity index (χ0v) is 18.9. The van der Waals surface area contributed by atoms with Gasteiger partial charge in [0, 0.05) is 43.5 Å². The van der Waals surface area contributed by atoms with Crippen LogP contribution in [0.15, 0.2) is 36.4 Å². The molecule has 30 heavy (non-hydrogen) atoms. The molecule has 2 aliphatic rings. The van der Waals surface area contributed by atoms with Gasteiger partial charge in [-0.05, 0) is 73.9 Å². The number of hydrogen-bond acceptors (Lipinski definition) is 3. The van der Waals surface area contributed by atoms with Crippen molar-refractivity contribution in [3.63, 3.8) is 0 Å². The molecule has 0 bridgehead atoms. The standard InChI is InChI=1S/C27H36N2O/c1-20-18-27(21(2)17-26(20)19-30)29-15-13-28(14-16-29)22(3)23-9-11-25(12-10-23)24-7-5-4-6-8-24/h9-12,17-19,22,24H,4-8,13-16H2,1-3H3. The van der Waals surface area contributed by atoms with Gasteiger partial charge < -0.3 is 4.90 Å². The van der Waals surface area contributed by atoms with Gasteiger partial charge in [0.1, 0.15) is 6.29 Å². The van der Waals surface area contributed by atoms with E-state index in [9.17, 15) is 4.79 Å². The summed E-state index contributed by atoms with van der Waals surface area (Å²) in [7, 11) is 0. The number of aldehydes is 1. The molecule has 2 aromatic carbocycles. The summed E-state index contributed by atoms with van der Waals surface area (Å²) in [6.45, 7) is 10.7. The molecule has 1 unspecified atom stereocenters. The minimum atomic E-state index is 0.452. The fourth-order valence-electron chi connectivity index (χ4n) is 5.33. The van der Waals surface area contributed by atoms with Gasteiger partial charge in [0.15, 0.2) is 0 Å². The zero-order valence-electron chi connectivity index (χ0n) is 18.9. The second-order valence-corrected chi connectivity index (χ2v) is 9.31. The molecule has 1 atom stereocenters. The maximum Gasteiger partial charge on any atom is 0.150 e. The Kier molecular flexibility index (Phi) is 6.58. The number of nitrogens with zero attached hydrogens (tertiary/aromatic N) is 2. The molecule has 2 fully saturated rings. The number of rotatable bonds is 5. The number of carbonyl (C=O) groups is 1. The lowest BCUT2D eigenvalue weighted by Crippen LogP contribution is -2.47. The molecule has 1 aliphatic heterocycles. The third-order valence-electron chi connectivity index (χ3n) is 7.41. The van der Waals surface area contributed by atoms with Crippen molar-refractivity contribution < 1.29 is 4.79 Å². The van der Waals surface area contributed by atoms with Crippen LogP contribution in [0, 0.1) is 13.8 Å². The lowest BCUT2D eigenvalue weighted by molar-refractivity contribution is 0.112. The van der Waals surface area contributed by atoms with E-state index in [0.717, 1.165) is 49.5 Å². The Morgan fingerprint density at radius 2 is 1.57 bits per heavy atom. The molecule has 0 N–H and O–H groups in total. The molecule has 3 nitrogen and oxygen atoms in total. The zero-order chi connectivity index (χ0) is 21.1. The maximum atomic E-state index is 11.2. The maximum absolute atomic E-state index is 11.2. The van der Waals surface area contributed by atoms with Crippen molar-refractivity contribution in [1.29, 1.82) is 0 Å². The largest absolute Gasteiger partial charge is 0.369 e. The van der Waals surface area contributed by atoms with Gasteiger partial charge in [-0.3, -0.25) is 9.69 Å². The van der Waals surface area contributed by atoms with Crippen LogP contribution < -0.4 is 4.90 Å². The molecule has 160 valence electrons. The summed E-state index contributed by atoms with van der Waals surface area (Å²) in [6, 6.07) is 14.2. The smallest absolute Gasteiger partial charge is 0.150 e. The van der Waals surface area contributed by atoms with Gasteiger partial charge in [-0.2, -0.15) is 0 Å². The summed E-state index contributed by atoms with van der Waals surface area (Å²) in [4.78, 5) is 16.3. The summed E-state index contributed by atoms with van der Waals surface area (Å²) in [5.74, 6) is 0.781. The van der Waals surface area contributed by atoms with Gasteiger partial charge in [0.2, 0.25) is 0 Å². The van der Waals surface area contributed by atoms with Crippen molar-refractivity contribution in [2.75, 3.05) is 31.1 Å². The van der Waals surface area contributed by atoms with Crippen LogP contribution in [0.3, 0.4) is 0 Å². The number of piperazine rings is 1. The molecule has 1 heterocycles. The molecular weight excluding hydrogens is 368 g/mol. The molecule has 0 radical (unpaired) electrons. The summed E-state index contributed by atoms with van der Waals surface area (Å²) < 4.78 is 0.